The molecule has 0 atom stereocenters. The van der Waals surface area contributed by atoms with Crippen LogP contribution < -0.4 is 10.5 Å². The van der Waals surface area contributed by atoms with E-state index in [9.17, 15) is 9.59 Å². The average molecular weight is 404 g/mol. The fraction of sp³-hybridized carbons (Fsp3) is 0.391. The van der Waals surface area contributed by atoms with Gasteiger partial charge in [0.25, 0.3) is 5.91 Å². The number of carbonyl (C=O) groups excluding carboxylic acids is 1. The Hall–Kier alpha value is -3.22. The lowest BCUT2D eigenvalue weighted by molar-refractivity contribution is 0.0740. The van der Waals surface area contributed by atoms with Crippen molar-refractivity contribution < 1.29 is 9.21 Å². The maximum Gasteiger partial charge on any atom is 0.349 e. The number of hydrogen-bond donors (Lipinski definition) is 0. The monoisotopic (exact) mass is 404 g/mol. The highest BCUT2D eigenvalue weighted by Gasteiger charge is 2.29. The zero-order chi connectivity index (χ0) is 20.7. The Kier molecular flexibility index (Phi) is 4.73. The van der Waals surface area contributed by atoms with Crippen LogP contribution >= 0.6 is 0 Å². The summed E-state index contributed by atoms with van der Waals surface area (Å²) in [7, 11) is 0. The molecule has 30 heavy (non-hydrogen) atoms. The molecule has 1 aromatic carbocycles. The highest BCUT2D eigenvalue weighted by molar-refractivity contribution is 5.95. The van der Waals surface area contributed by atoms with E-state index in [1.54, 1.807) is 11.2 Å². The molecule has 1 saturated carbocycles. The van der Waals surface area contributed by atoms with Crippen LogP contribution in [0.2, 0.25) is 0 Å². The Balaban J connectivity index is 1.33. The number of piperazine rings is 1. The molecule has 1 aliphatic carbocycles. The number of aromatic nitrogens is 2. The van der Waals surface area contributed by atoms with E-state index in [-0.39, 0.29) is 11.5 Å². The number of anilines is 1. The van der Waals surface area contributed by atoms with Gasteiger partial charge in [0.05, 0.1) is 5.52 Å². The molecular formula is C23H24N4O3. The van der Waals surface area contributed by atoms with Gasteiger partial charge in [0.1, 0.15) is 23.5 Å². The van der Waals surface area contributed by atoms with Gasteiger partial charge in [-0.2, -0.15) is 0 Å². The quantitative estimate of drug-likeness (QED) is 0.667. The SMILES string of the molecule is Cc1cc(C2CCC2)oc(=O)c1C(=O)N1CCN(c2ncnc3ccccc23)CC1. The molecule has 1 saturated heterocycles. The van der Waals surface area contributed by atoms with Gasteiger partial charge in [0.15, 0.2) is 0 Å². The van der Waals surface area contributed by atoms with Crippen LogP contribution in [0.3, 0.4) is 0 Å². The van der Waals surface area contributed by atoms with Gasteiger partial charge in [0, 0.05) is 37.5 Å². The summed E-state index contributed by atoms with van der Waals surface area (Å²) in [5, 5.41) is 1.00. The number of fused-ring (bicyclic) bond motifs is 1. The van der Waals surface area contributed by atoms with Crippen LogP contribution in [0.25, 0.3) is 10.9 Å². The van der Waals surface area contributed by atoms with Gasteiger partial charge in [-0.25, -0.2) is 14.8 Å². The molecule has 5 rings (SSSR count). The Labute approximate surface area is 174 Å². The van der Waals surface area contributed by atoms with E-state index in [1.165, 1.54) is 6.42 Å². The molecule has 2 fully saturated rings. The summed E-state index contributed by atoms with van der Waals surface area (Å²) < 4.78 is 5.51. The van der Waals surface area contributed by atoms with E-state index >= 15 is 0 Å². The van der Waals surface area contributed by atoms with Crippen LogP contribution in [0, 0.1) is 6.92 Å². The first-order valence-electron chi connectivity index (χ1n) is 10.5. The van der Waals surface area contributed by atoms with Crippen molar-refractivity contribution in [2.75, 3.05) is 31.1 Å². The summed E-state index contributed by atoms with van der Waals surface area (Å²) >= 11 is 0. The molecule has 2 aromatic heterocycles. The fourth-order valence-corrected chi connectivity index (χ4v) is 4.31. The van der Waals surface area contributed by atoms with E-state index < -0.39 is 5.63 Å². The van der Waals surface area contributed by atoms with E-state index in [4.69, 9.17) is 4.42 Å². The second-order valence-electron chi connectivity index (χ2n) is 8.12. The highest BCUT2D eigenvalue weighted by atomic mass is 16.4. The predicted octanol–water partition coefficient (Wildman–Crippen LogP) is 3.12. The van der Waals surface area contributed by atoms with Crippen molar-refractivity contribution in [2.24, 2.45) is 0 Å². The Morgan fingerprint density at radius 1 is 1.10 bits per heavy atom. The van der Waals surface area contributed by atoms with Crippen molar-refractivity contribution in [3.63, 3.8) is 0 Å². The van der Waals surface area contributed by atoms with Crippen molar-refractivity contribution in [1.82, 2.24) is 14.9 Å². The molecule has 0 spiro atoms. The Bertz CT molecular complexity index is 1160. The normalized spacial score (nSPS) is 17.2. The number of rotatable bonds is 3. The van der Waals surface area contributed by atoms with Gasteiger partial charge in [-0.15, -0.1) is 0 Å². The summed E-state index contributed by atoms with van der Waals surface area (Å²) in [4.78, 5) is 38.4. The van der Waals surface area contributed by atoms with Crippen LogP contribution in [0.5, 0.6) is 0 Å². The van der Waals surface area contributed by atoms with Gasteiger partial charge in [-0.1, -0.05) is 18.6 Å². The number of benzene rings is 1. The van der Waals surface area contributed by atoms with Gasteiger partial charge in [0.2, 0.25) is 0 Å². The van der Waals surface area contributed by atoms with Crippen molar-refractivity contribution in [1.29, 1.82) is 0 Å². The number of carbonyl (C=O) groups is 1. The minimum absolute atomic E-state index is 0.166. The third kappa shape index (κ3) is 3.24. The van der Waals surface area contributed by atoms with Gasteiger partial charge in [-0.3, -0.25) is 4.79 Å². The summed E-state index contributed by atoms with van der Waals surface area (Å²) in [5.74, 6) is 1.69. The number of amides is 1. The molecule has 0 bridgehead atoms. The van der Waals surface area contributed by atoms with Gasteiger partial charge >= 0.3 is 5.63 Å². The maximum absolute atomic E-state index is 13.1. The average Bonchev–Trinajstić information content (AvgIpc) is 2.72. The predicted molar refractivity (Wildman–Crippen MR) is 114 cm³/mol. The lowest BCUT2D eigenvalue weighted by Crippen LogP contribution is -2.50. The lowest BCUT2D eigenvalue weighted by atomic mass is 9.83. The minimum Gasteiger partial charge on any atom is -0.427 e. The molecular weight excluding hydrogens is 380 g/mol. The molecule has 0 N–H and O–H groups in total. The first-order chi connectivity index (χ1) is 14.6. The molecule has 1 aliphatic heterocycles. The van der Waals surface area contributed by atoms with Crippen LogP contribution in [-0.4, -0.2) is 47.0 Å². The minimum atomic E-state index is -0.508. The van der Waals surface area contributed by atoms with Crippen molar-refractivity contribution in [3.05, 3.63) is 64.0 Å². The molecule has 3 aromatic rings. The largest absolute Gasteiger partial charge is 0.427 e. The van der Waals surface area contributed by atoms with E-state index in [1.807, 2.05) is 37.3 Å². The topological polar surface area (TPSA) is 79.5 Å². The standard InChI is InChI=1S/C23H24N4O3/c1-15-13-19(16-5-4-6-16)30-23(29)20(15)22(28)27-11-9-26(10-12-27)21-17-7-2-3-8-18(17)24-14-25-21/h2-3,7-8,13-14,16H,4-6,9-12H2,1H3. The molecule has 7 nitrogen and oxygen atoms in total. The van der Waals surface area contributed by atoms with Crippen LogP contribution in [0.1, 0.15) is 46.9 Å². The van der Waals surface area contributed by atoms with Crippen molar-refractivity contribution in [2.45, 2.75) is 32.1 Å². The summed E-state index contributed by atoms with van der Waals surface area (Å²) in [6, 6.07) is 9.79. The van der Waals surface area contributed by atoms with Crippen LogP contribution in [-0.2, 0) is 0 Å². The van der Waals surface area contributed by atoms with E-state index in [0.717, 1.165) is 35.3 Å². The Morgan fingerprint density at radius 3 is 2.57 bits per heavy atom. The van der Waals surface area contributed by atoms with E-state index in [0.29, 0.717) is 37.7 Å². The van der Waals surface area contributed by atoms with Gasteiger partial charge in [-0.05, 0) is 43.5 Å². The van der Waals surface area contributed by atoms with Gasteiger partial charge < -0.3 is 14.2 Å². The third-order valence-corrected chi connectivity index (χ3v) is 6.28. The molecule has 2 aliphatic rings. The van der Waals surface area contributed by atoms with Crippen LogP contribution in [0.4, 0.5) is 5.82 Å². The second-order valence-corrected chi connectivity index (χ2v) is 8.12. The van der Waals surface area contributed by atoms with E-state index in [2.05, 4.69) is 14.9 Å². The third-order valence-electron chi connectivity index (χ3n) is 6.28. The molecule has 0 unspecified atom stereocenters. The maximum atomic E-state index is 13.1. The zero-order valence-electron chi connectivity index (χ0n) is 17.0. The smallest absolute Gasteiger partial charge is 0.349 e. The Morgan fingerprint density at radius 2 is 1.87 bits per heavy atom. The summed E-state index contributed by atoms with van der Waals surface area (Å²) in [5.41, 5.74) is 1.27. The molecule has 1 amide bonds. The number of aryl methyl sites for hydroxylation is 1. The number of para-hydroxylation sites is 1. The molecule has 154 valence electrons. The highest BCUT2D eigenvalue weighted by Crippen LogP contribution is 2.36. The fourth-order valence-electron chi connectivity index (χ4n) is 4.31. The second kappa shape index (κ2) is 7.55. The molecule has 7 heteroatoms. The summed E-state index contributed by atoms with van der Waals surface area (Å²) in [6.45, 7) is 4.19. The molecule has 3 heterocycles. The van der Waals surface area contributed by atoms with Crippen LogP contribution in [0.15, 0.2) is 45.9 Å². The lowest BCUT2D eigenvalue weighted by Gasteiger charge is -2.35. The first kappa shape index (κ1) is 18.8. The van der Waals surface area contributed by atoms with Crippen molar-refractivity contribution >= 4 is 22.6 Å². The summed E-state index contributed by atoms with van der Waals surface area (Å²) in [6.07, 6.45) is 4.85. The number of nitrogens with zero attached hydrogens (tertiary/aromatic N) is 4. The molecule has 0 radical (unpaired) electrons. The number of hydrogen-bond acceptors (Lipinski definition) is 6. The first-order valence-corrected chi connectivity index (χ1v) is 10.5. The zero-order valence-corrected chi connectivity index (χ0v) is 17.0. The van der Waals surface area contributed by atoms with Crippen molar-refractivity contribution in [3.8, 4) is 0 Å².